The Morgan fingerprint density at radius 1 is 1.36 bits per heavy atom. The van der Waals surface area contributed by atoms with E-state index in [1.54, 1.807) is 0 Å². The topological polar surface area (TPSA) is 29.4 Å². The fourth-order valence-electron chi connectivity index (χ4n) is 1.51. The molecule has 0 spiro atoms. The van der Waals surface area contributed by atoms with Crippen LogP contribution < -0.4 is 0 Å². The molecule has 0 saturated carbocycles. The molecule has 0 heterocycles. The largest absolute Gasteiger partial charge is 0.303 e. The van der Waals surface area contributed by atoms with Crippen molar-refractivity contribution in [3.8, 4) is 0 Å². The Kier molecular flexibility index (Phi) is 6.09. The van der Waals surface area contributed by atoms with Gasteiger partial charge in [0.25, 0.3) is 0 Å². The molecule has 0 aliphatic heterocycles. The first-order chi connectivity index (χ1) is 6.52. The van der Waals surface area contributed by atoms with Crippen molar-refractivity contribution >= 4 is 13.0 Å². The fraction of sp³-hybridized carbons (Fsp3) is 0.667. The molecule has 2 heteroatoms. The number of rotatable bonds is 7. The Morgan fingerprint density at radius 3 is 2.29 bits per heavy atom. The summed E-state index contributed by atoms with van der Waals surface area (Å²) < 4.78 is 0. The van der Waals surface area contributed by atoms with Crippen LogP contribution in [-0.4, -0.2) is 13.0 Å². The van der Waals surface area contributed by atoms with Crippen molar-refractivity contribution in [1.82, 2.24) is 0 Å². The van der Waals surface area contributed by atoms with Crippen LogP contribution in [0.3, 0.4) is 0 Å². The number of nitrogens with zero attached hydrogens (tertiary/aromatic N) is 1. The van der Waals surface area contributed by atoms with Crippen LogP contribution in [0.25, 0.3) is 0 Å². The Morgan fingerprint density at radius 2 is 1.93 bits per heavy atom. The SMILES string of the molecule is C=NC(=C)[C@@H](CCC(C)C=O)C(C)C. The molecule has 0 aromatic carbocycles. The van der Waals surface area contributed by atoms with E-state index in [4.69, 9.17) is 0 Å². The monoisotopic (exact) mass is 195 g/mol. The maximum absolute atomic E-state index is 10.5. The third-order valence-corrected chi connectivity index (χ3v) is 2.60. The highest BCUT2D eigenvalue weighted by atomic mass is 16.1. The molecule has 0 aromatic heterocycles. The van der Waals surface area contributed by atoms with Gasteiger partial charge in [-0.1, -0.05) is 27.4 Å². The summed E-state index contributed by atoms with van der Waals surface area (Å²) in [6, 6.07) is 0. The third-order valence-electron chi connectivity index (χ3n) is 2.60. The molecular weight excluding hydrogens is 174 g/mol. The Labute approximate surface area is 87.1 Å². The van der Waals surface area contributed by atoms with Crippen molar-refractivity contribution in [2.24, 2.45) is 22.7 Å². The number of aldehydes is 1. The third kappa shape index (κ3) is 4.35. The van der Waals surface area contributed by atoms with E-state index in [1.807, 2.05) is 6.92 Å². The molecule has 0 aromatic rings. The van der Waals surface area contributed by atoms with Gasteiger partial charge in [0.2, 0.25) is 0 Å². The van der Waals surface area contributed by atoms with Gasteiger partial charge in [0.1, 0.15) is 6.29 Å². The molecule has 1 unspecified atom stereocenters. The molecule has 80 valence electrons. The van der Waals surface area contributed by atoms with Crippen molar-refractivity contribution in [3.63, 3.8) is 0 Å². The van der Waals surface area contributed by atoms with Crippen molar-refractivity contribution in [1.29, 1.82) is 0 Å². The number of hydrogen-bond donors (Lipinski definition) is 0. The lowest BCUT2D eigenvalue weighted by Gasteiger charge is -2.21. The number of aliphatic imine (C=N–C) groups is 1. The van der Waals surface area contributed by atoms with Crippen molar-refractivity contribution in [2.45, 2.75) is 33.6 Å². The summed E-state index contributed by atoms with van der Waals surface area (Å²) in [5, 5.41) is 0. The number of carbonyl (C=O) groups excluding carboxylic acids is 1. The minimum Gasteiger partial charge on any atom is -0.303 e. The molecule has 0 amide bonds. The molecule has 2 atom stereocenters. The minimum atomic E-state index is 0.133. The normalized spacial score (nSPS) is 14.9. The average Bonchev–Trinajstić information content (AvgIpc) is 2.16. The maximum Gasteiger partial charge on any atom is 0.122 e. The molecule has 0 rings (SSSR count). The molecular formula is C12H21NO. The number of allylic oxidation sites excluding steroid dienone is 1. The summed E-state index contributed by atoms with van der Waals surface area (Å²) in [7, 11) is 0. The summed E-state index contributed by atoms with van der Waals surface area (Å²) in [6.45, 7) is 13.6. The average molecular weight is 195 g/mol. The Balaban J connectivity index is 4.17. The van der Waals surface area contributed by atoms with Gasteiger partial charge in [0.05, 0.1) is 0 Å². The summed E-state index contributed by atoms with van der Waals surface area (Å²) in [4.78, 5) is 14.3. The molecule has 0 bridgehead atoms. The summed E-state index contributed by atoms with van der Waals surface area (Å²) >= 11 is 0. The molecule has 2 nitrogen and oxygen atoms in total. The van der Waals surface area contributed by atoms with Crippen LogP contribution in [0.1, 0.15) is 33.6 Å². The fourth-order valence-corrected chi connectivity index (χ4v) is 1.51. The first-order valence-electron chi connectivity index (χ1n) is 5.13. The van der Waals surface area contributed by atoms with Gasteiger partial charge in [0, 0.05) is 17.5 Å². The van der Waals surface area contributed by atoms with E-state index in [-0.39, 0.29) is 5.92 Å². The zero-order chi connectivity index (χ0) is 11.1. The molecule has 0 fully saturated rings. The van der Waals surface area contributed by atoms with Crippen LogP contribution in [0.5, 0.6) is 0 Å². The first kappa shape index (κ1) is 13.1. The van der Waals surface area contributed by atoms with Crippen LogP contribution >= 0.6 is 0 Å². The van der Waals surface area contributed by atoms with Gasteiger partial charge in [0.15, 0.2) is 0 Å². The Bertz CT molecular complexity index is 208. The molecule has 14 heavy (non-hydrogen) atoms. The smallest absolute Gasteiger partial charge is 0.122 e. The second-order valence-electron chi connectivity index (χ2n) is 4.19. The van der Waals surface area contributed by atoms with E-state index in [9.17, 15) is 4.79 Å². The summed E-state index contributed by atoms with van der Waals surface area (Å²) in [5.41, 5.74) is 0.845. The van der Waals surface area contributed by atoms with Gasteiger partial charge in [-0.2, -0.15) is 0 Å². The van der Waals surface area contributed by atoms with Gasteiger partial charge in [-0.25, -0.2) is 0 Å². The van der Waals surface area contributed by atoms with Crippen LogP contribution in [0.15, 0.2) is 17.3 Å². The predicted molar refractivity (Wildman–Crippen MR) is 61.5 cm³/mol. The molecule has 0 aliphatic carbocycles. The van der Waals surface area contributed by atoms with Crippen LogP contribution in [0, 0.1) is 17.8 Å². The molecule has 0 N–H and O–H groups in total. The lowest BCUT2D eigenvalue weighted by molar-refractivity contribution is -0.110. The van der Waals surface area contributed by atoms with Crippen LogP contribution in [0.4, 0.5) is 0 Å². The highest BCUT2D eigenvalue weighted by Gasteiger charge is 2.16. The van der Waals surface area contributed by atoms with E-state index in [1.165, 1.54) is 0 Å². The van der Waals surface area contributed by atoms with Crippen molar-refractivity contribution in [3.05, 3.63) is 12.3 Å². The van der Waals surface area contributed by atoms with Gasteiger partial charge >= 0.3 is 0 Å². The van der Waals surface area contributed by atoms with E-state index >= 15 is 0 Å². The summed E-state index contributed by atoms with van der Waals surface area (Å²) in [5.74, 6) is 0.996. The quantitative estimate of drug-likeness (QED) is 0.453. The second kappa shape index (κ2) is 6.52. The van der Waals surface area contributed by atoms with Gasteiger partial charge < -0.3 is 4.79 Å². The van der Waals surface area contributed by atoms with Crippen molar-refractivity contribution < 1.29 is 4.79 Å². The van der Waals surface area contributed by atoms with E-state index in [0.717, 1.165) is 24.8 Å². The van der Waals surface area contributed by atoms with E-state index in [0.29, 0.717) is 11.8 Å². The molecule has 0 radical (unpaired) electrons. The van der Waals surface area contributed by atoms with Gasteiger partial charge in [-0.3, -0.25) is 4.99 Å². The lowest BCUT2D eigenvalue weighted by Crippen LogP contribution is -2.12. The minimum absolute atomic E-state index is 0.133. The molecule has 0 aliphatic rings. The first-order valence-corrected chi connectivity index (χ1v) is 5.13. The standard InChI is InChI=1S/C12H21NO/c1-9(2)12(11(4)13-5)7-6-10(3)8-14/h8-10,12H,4-7H2,1-3H3/t10?,12-/m0/s1. The van der Waals surface area contributed by atoms with Crippen molar-refractivity contribution in [2.75, 3.05) is 0 Å². The highest BCUT2D eigenvalue weighted by molar-refractivity contribution is 5.52. The maximum atomic E-state index is 10.5. The van der Waals surface area contributed by atoms with E-state index in [2.05, 4.69) is 32.1 Å². The second-order valence-corrected chi connectivity index (χ2v) is 4.19. The number of carbonyl (C=O) groups is 1. The highest BCUT2D eigenvalue weighted by Crippen LogP contribution is 2.26. The Hall–Kier alpha value is -0.920. The van der Waals surface area contributed by atoms with Gasteiger partial charge in [-0.15, -0.1) is 0 Å². The lowest BCUT2D eigenvalue weighted by atomic mass is 9.86. The zero-order valence-corrected chi connectivity index (χ0v) is 9.49. The van der Waals surface area contributed by atoms with Crippen LogP contribution in [0.2, 0.25) is 0 Å². The number of hydrogen-bond acceptors (Lipinski definition) is 2. The van der Waals surface area contributed by atoms with Crippen LogP contribution in [-0.2, 0) is 4.79 Å². The molecule has 0 saturated heterocycles. The van der Waals surface area contributed by atoms with Gasteiger partial charge in [-0.05, 0) is 25.5 Å². The van der Waals surface area contributed by atoms with E-state index < -0.39 is 0 Å². The predicted octanol–water partition coefficient (Wildman–Crippen LogP) is 3.09. The zero-order valence-electron chi connectivity index (χ0n) is 9.49. The summed E-state index contributed by atoms with van der Waals surface area (Å²) in [6.07, 6.45) is 2.87.